The fourth-order valence-electron chi connectivity index (χ4n) is 3.58. The number of ether oxygens (including phenoxy) is 1. The van der Waals surface area contributed by atoms with Gasteiger partial charge in [0.15, 0.2) is 5.11 Å². The van der Waals surface area contributed by atoms with E-state index in [4.69, 9.17) is 21.4 Å². The number of nitro groups is 1. The molecule has 1 saturated heterocycles. The Balaban J connectivity index is 1.51. The second-order valence-electron chi connectivity index (χ2n) is 7.29. The number of nitrogens with one attached hydrogen (secondary N) is 1. The normalized spacial score (nSPS) is 14.8. The minimum Gasteiger partial charge on any atom is -0.494 e. The first-order valence-corrected chi connectivity index (χ1v) is 10.6. The van der Waals surface area contributed by atoms with Crippen molar-refractivity contribution in [3.63, 3.8) is 0 Å². The molecule has 0 bridgehead atoms. The molecule has 170 valence electrons. The highest BCUT2D eigenvalue weighted by molar-refractivity contribution is 7.80. The first kappa shape index (κ1) is 22.2. The van der Waals surface area contributed by atoms with Gasteiger partial charge < -0.3 is 14.5 Å². The number of nitrogens with zero attached hydrogens (tertiary/aromatic N) is 4. The minimum atomic E-state index is -0.442. The highest BCUT2D eigenvalue weighted by Gasteiger charge is 2.32. The zero-order chi connectivity index (χ0) is 23.7. The first-order valence-electron chi connectivity index (χ1n) is 10.2. The third-order valence-electron chi connectivity index (χ3n) is 5.08. The predicted molar refractivity (Wildman–Crippen MR) is 125 cm³/mol. The maximum absolute atomic E-state index is 12.9. The summed E-state index contributed by atoms with van der Waals surface area (Å²) in [6.45, 7) is 5.91. The number of furan rings is 1. The molecule has 1 amide bonds. The van der Waals surface area contributed by atoms with Gasteiger partial charge in [0.05, 0.1) is 23.8 Å². The number of anilines is 1. The first-order chi connectivity index (χ1) is 15.8. The molecule has 0 spiro atoms. The average molecular weight is 468 g/mol. The summed E-state index contributed by atoms with van der Waals surface area (Å²) >= 11 is 5.34. The molecular formula is C22H21N5O5S. The van der Waals surface area contributed by atoms with Crippen LogP contribution in [0, 0.1) is 24.0 Å². The molecule has 0 aliphatic carbocycles. The lowest BCUT2D eigenvalue weighted by molar-refractivity contribution is -0.386. The van der Waals surface area contributed by atoms with Crippen molar-refractivity contribution in [1.82, 2.24) is 15.1 Å². The van der Waals surface area contributed by atoms with Crippen LogP contribution in [0.2, 0.25) is 0 Å². The fourth-order valence-corrected chi connectivity index (χ4v) is 3.88. The quantitative estimate of drug-likeness (QED) is 0.242. The molecule has 1 aliphatic heterocycles. The van der Waals surface area contributed by atoms with Crippen LogP contribution in [0.25, 0.3) is 6.08 Å². The lowest BCUT2D eigenvalue weighted by Crippen LogP contribution is -2.30. The van der Waals surface area contributed by atoms with Crippen LogP contribution in [0.5, 0.6) is 5.75 Å². The molecule has 3 aromatic rings. The van der Waals surface area contributed by atoms with Crippen molar-refractivity contribution in [3.05, 3.63) is 75.1 Å². The number of rotatable bonds is 7. The van der Waals surface area contributed by atoms with E-state index < -0.39 is 4.92 Å². The molecule has 0 atom stereocenters. The lowest BCUT2D eigenvalue weighted by Gasteiger charge is -2.14. The van der Waals surface area contributed by atoms with Gasteiger partial charge in [0.25, 0.3) is 5.91 Å². The zero-order valence-corrected chi connectivity index (χ0v) is 19.0. The summed E-state index contributed by atoms with van der Waals surface area (Å²) in [5.41, 5.74) is 1.67. The molecule has 1 aromatic carbocycles. The molecule has 11 heteroatoms. The van der Waals surface area contributed by atoms with Gasteiger partial charge in [-0.3, -0.25) is 24.5 Å². The molecule has 0 radical (unpaired) electrons. The molecule has 2 aromatic heterocycles. The maximum Gasteiger partial charge on any atom is 0.312 e. The Morgan fingerprint density at radius 1 is 1.24 bits per heavy atom. The lowest BCUT2D eigenvalue weighted by atomic mass is 10.2. The van der Waals surface area contributed by atoms with E-state index >= 15 is 0 Å². The number of carbonyl (C=O) groups excluding carboxylic acids is 1. The number of hydrogen-bond donors (Lipinski definition) is 1. The van der Waals surface area contributed by atoms with E-state index in [-0.39, 0.29) is 28.9 Å². The summed E-state index contributed by atoms with van der Waals surface area (Å²) in [6, 6.07) is 10.5. The molecule has 1 fully saturated rings. The van der Waals surface area contributed by atoms with Crippen LogP contribution in [-0.2, 0) is 11.3 Å². The van der Waals surface area contributed by atoms with Gasteiger partial charge >= 0.3 is 5.69 Å². The molecular weight excluding hydrogens is 446 g/mol. The van der Waals surface area contributed by atoms with E-state index in [1.807, 2.05) is 6.92 Å². The van der Waals surface area contributed by atoms with Gasteiger partial charge in [-0.05, 0) is 69.4 Å². The number of carbonyl (C=O) groups is 1. The Labute approximate surface area is 194 Å². The Hall–Kier alpha value is -3.99. The van der Waals surface area contributed by atoms with Crippen LogP contribution in [0.15, 0.2) is 46.5 Å². The van der Waals surface area contributed by atoms with Crippen LogP contribution < -0.4 is 15.0 Å². The van der Waals surface area contributed by atoms with Crippen molar-refractivity contribution in [2.45, 2.75) is 27.3 Å². The molecule has 0 unspecified atom stereocenters. The van der Waals surface area contributed by atoms with E-state index in [1.54, 1.807) is 56.3 Å². The van der Waals surface area contributed by atoms with Crippen molar-refractivity contribution in [2.24, 2.45) is 0 Å². The Morgan fingerprint density at radius 3 is 2.61 bits per heavy atom. The van der Waals surface area contributed by atoms with Crippen LogP contribution in [0.3, 0.4) is 0 Å². The second kappa shape index (κ2) is 8.87. The minimum absolute atomic E-state index is 0.00690. The van der Waals surface area contributed by atoms with Crippen molar-refractivity contribution < 1.29 is 18.9 Å². The summed E-state index contributed by atoms with van der Waals surface area (Å²) in [7, 11) is 0. The number of thiocarbonyl (C=S) groups is 1. The van der Waals surface area contributed by atoms with Crippen LogP contribution in [0.1, 0.15) is 29.8 Å². The van der Waals surface area contributed by atoms with E-state index in [1.165, 1.54) is 9.58 Å². The highest BCUT2D eigenvalue weighted by Crippen LogP contribution is 2.26. The molecule has 1 N–H and O–H groups in total. The summed E-state index contributed by atoms with van der Waals surface area (Å²) in [4.78, 5) is 25.1. The van der Waals surface area contributed by atoms with Crippen LogP contribution in [0.4, 0.5) is 11.4 Å². The third kappa shape index (κ3) is 4.35. The Kier molecular flexibility index (Phi) is 5.97. The predicted octanol–water partition coefficient (Wildman–Crippen LogP) is 3.71. The number of benzene rings is 1. The van der Waals surface area contributed by atoms with E-state index in [9.17, 15) is 14.9 Å². The van der Waals surface area contributed by atoms with Gasteiger partial charge in [0.2, 0.25) is 0 Å². The van der Waals surface area contributed by atoms with E-state index in [0.29, 0.717) is 41.0 Å². The molecule has 33 heavy (non-hydrogen) atoms. The molecule has 4 rings (SSSR count). The van der Waals surface area contributed by atoms with Gasteiger partial charge in [-0.1, -0.05) is 0 Å². The summed E-state index contributed by atoms with van der Waals surface area (Å²) in [5, 5.41) is 18.6. The maximum atomic E-state index is 12.9. The SMILES string of the molecule is CCOc1ccc(N2C(=O)/C(=C\c3ccc(Cn4nc(C)c([N+](=O)[O-])c4C)o3)NC2=S)cc1. The molecule has 10 nitrogen and oxygen atoms in total. The number of aromatic nitrogens is 2. The summed E-state index contributed by atoms with van der Waals surface area (Å²) in [5.74, 6) is 1.38. The van der Waals surface area contributed by atoms with Crippen LogP contribution in [-0.4, -0.2) is 32.3 Å². The van der Waals surface area contributed by atoms with Crippen LogP contribution >= 0.6 is 12.2 Å². The van der Waals surface area contributed by atoms with Crippen molar-refractivity contribution >= 4 is 40.7 Å². The number of hydrogen-bond acceptors (Lipinski definition) is 7. The monoisotopic (exact) mass is 467 g/mol. The third-order valence-corrected chi connectivity index (χ3v) is 5.37. The van der Waals surface area contributed by atoms with Gasteiger partial charge in [-0.25, -0.2) is 0 Å². The van der Waals surface area contributed by atoms with Crippen molar-refractivity contribution in [3.8, 4) is 5.75 Å². The number of amides is 1. The van der Waals surface area contributed by atoms with Gasteiger partial charge in [-0.2, -0.15) is 5.10 Å². The molecule has 1 aliphatic rings. The molecule has 3 heterocycles. The van der Waals surface area contributed by atoms with E-state index in [2.05, 4.69) is 10.4 Å². The smallest absolute Gasteiger partial charge is 0.312 e. The number of aryl methyl sites for hydroxylation is 1. The largest absolute Gasteiger partial charge is 0.494 e. The van der Waals surface area contributed by atoms with Gasteiger partial charge in [0, 0.05) is 6.08 Å². The molecule has 0 saturated carbocycles. The topological polar surface area (TPSA) is 116 Å². The van der Waals surface area contributed by atoms with Crippen molar-refractivity contribution in [1.29, 1.82) is 0 Å². The standard InChI is InChI=1S/C22H21N5O5S/c1-4-31-16-7-5-15(6-8-16)26-21(28)19(23-22(26)33)11-17-9-10-18(32-17)12-25-14(3)20(27(29)30)13(2)24-25/h5-11H,4,12H2,1-3H3,(H,23,33)/b19-11+. The highest BCUT2D eigenvalue weighted by atomic mass is 32.1. The Bertz CT molecular complexity index is 1270. The fraction of sp³-hybridized carbons (Fsp3) is 0.227. The summed E-state index contributed by atoms with van der Waals surface area (Å²) < 4.78 is 12.8. The van der Waals surface area contributed by atoms with Crippen molar-refractivity contribution in [2.75, 3.05) is 11.5 Å². The average Bonchev–Trinajstić information content (AvgIpc) is 3.40. The van der Waals surface area contributed by atoms with Gasteiger partial charge in [-0.15, -0.1) is 0 Å². The Morgan fingerprint density at radius 2 is 1.97 bits per heavy atom. The summed E-state index contributed by atoms with van der Waals surface area (Å²) in [6.07, 6.45) is 1.57. The zero-order valence-electron chi connectivity index (χ0n) is 18.2. The van der Waals surface area contributed by atoms with Gasteiger partial charge in [0.1, 0.15) is 34.4 Å². The van der Waals surface area contributed by atoms with E-state index in [0.717, 1.165) is 0 Å². The second-order valence-corrected chi connectivity index (χ2v) is 7.68.